The molecule has 0 atom stereocenters. The van der Waals surface area contributed by atoms with E-state index in [1.54, 1.807) is 13.8 Å². The Hall–Kier alpha value is -4.56. The second-order valence-corrected chi connectivity index (χ2v) is 7.94. The SMILES string of the molecule is CCOC(=O)/C(C#N)=C/c1ccc(NCCCCCNc2ccc(/C=C(\C#N)C(=O)OCC)cc2)cc1. The van der Waals surface area contributed by atoms with Crippen molar-refractivity contribution in [1.29, 1.82) is 10.5 Å². The summed E-state index contributed by atoms with van der Waals surface area (Å²) in [4.78, 5) is 23.4. The van der Waals surface area contributed by atoms with Crippen molar-refractivity contribution < 1.29 is 19.1 Å². The first-order chi connectivity index (χ1) is 18.0. The van der Waals surface area contributed by atoms with Gasteiger partial charge in [-0.3, -0.25) is 0 Å². The van der Waals surface area contributed by atoms with Crippen LogP contribution in [0.2, 0.25) is 0 Å². The molecular formula is C29H32N4O4. The lowest BCUT2D eigenvalue weighted by Crippen LogP contribution is -2.06. The van der Waals surface area contributed by atoms with E-state index in [0.717, 1.165) is 54.9 Å². The van der Waals surface area contributed by atoms with Gasteiger partial charge in [-0.05, 0) is 80.7 Å². The average Bonchev–Trinajstić information content (AvgIpc) is 2.91. The predicted octanol–water partition coefficient (Wildman–Crippen LogP) is 5.32. The molecule has 0 unspecified atom stereocenters. The Morgan fingerprint density at radius 1 is 0.703 bits per heavy atom. The molecule has 0 bridgehead atoms. The molecule has 192 valence electrons. The van der Waals surface area contributed by atoms with Gasteiger partial charge in [0.15, 0.2) is 0 Å². The smallest absolute Gasteiger partial charge is 0.348 e. The van der Waals surface area contributed by atoms with Gasteiger partial charge in [0.25, 0.3) is 0 Å². The van der Waals surface area contributed by atoms with Gasteiger partial charge in [-0.15, -0.1) is 0 Å². The molecule has 0 radical (unpaired) electrons. The molecule has 2 aromatic carbocycles. The van der Waals surface area contributed by atoms with Crippen LogP contribution >= 0.6 is 0 Å². The third-order valence-corrected chi connectivity index (χ3v) is 5.19. The maximum Gasteiger partial charge on any atom is 0.348 e. The van der Waals surface area contributed by atoms with Gasteiger partial charge in [0, 0.05) is 24.5 Å². The fourth-order valence-corrected chi connectivity index (χ4v) is 3.31. The Bertz CT molecular complexity index is 1080. The van der Waals surface area contributed by atoms with Crippen LogP contribution < -0.4 is 10.6 Å². The fourth-order valence-electron chi connectivity index (χ4n) is 3.31. The summed E-state index contributed by atoms with van der Waals surface area (Å²) in [7, 11) is 0. The summed E-state index contributed by atoms with van der Waals surface area (Å²) in [5.41, 5.74) is 3.42. The second kappa shape index (κ2) is 16.2. The highest BCUT2D eigenvalue weighted by molar-refractivity contribution is 5.98. The maximum absolute atomic E-state index is 11.7. The van der Waals surface area contributed by atoms with E-state index in [2.05, 4.69) is 10.6 Å². The summed E-state index contributed by atoms with van der Waals surface area (Å²) in [5.74, 6) is -1.23. The van der Waals surface area contributed by atoms with E-state index >= 15 is 0 Å². The highest BCUT2D eigenvalue weighted by Crippen LogP contribution is 2.15. The number of hydrogen-bond donors (Lipinski definition) is 2. The summed E-state index contributed by atoms with van der Waals surface area (Å²) in [6.45, 7) is 5.53. The zero-order chi connectivity index (χ0) is 26.9. The molecule has 0 spiro atoms. The maximum atomic E-state index is 11.7. The van der Waals surface area contributed by atoms with Gasteiger partial charge in [0.05, 0.1) is 13.2 Å². The van der Waals surface area contributed by atoms with Crippen molar-refractivity contribution in [3.8, 4) is 12.1 Å². The molecule has 0 aliphatic heterocycles. The molecule has 8 nitrogen and oxygen atoms in total. The van der Waals surface area contributed by atoms with Crippen molar-refractivity contribution in [2.45, 2.75) is 33.1 Å². The monoisotopic (exact) mass is 500 g/mol. The number of benzene rings is 2. The molecule has 2 N–H and O–H groups in total. The van der Waals surface area contributed by atoms with Gasteiger partial charge < -0.3 is 20.1 Å². The molecule has 0 fully saturated rings. The van der Waals surface area contributed by atoms with Crippen LogP contribution in [-0.2, 0) is 19.1 Å². The van der Waals surface area contributed by atoms with E-state index in [0.29, 0.717) is 0 Å². The molecule has 0 saturated heterocycles. The highest BCUT2D eigenvalue weighted by Gasteiger charge is 2.10. The first-order valence-electron chi connectivity index (χ1n) is 12.3. The predicted molar refractivity (Wildman–Crippen MR) is 144 cm³/mol. The Kier molecular flexibility index (Phi) is 12.5. The van der Waals surface area contributed by atoms with E-state index in [1.165, 1.54) is 12.2 Å². The number of anilines is 2. The minimum atomic E-state index is -0.615. The van der Waals surface area contributed by atoms with Gasteiger partial charge in [0.1, 0.15) is 23.3 Å². The van der Waals surface area contributed by atoms with E-state index in [9.17, 15) is 9.59 Å². The minimum absolute atomic E-state index is 0.0221. The second-order valence-electron chi connectivity index (χ2n) is 7.94. The standard InChI is InChI=1S/C29H32N4O4/c1-3-36-28(34)24(20-30)18-22-8-12-26(13-9-22)32-16-6-5-7-17-33-27-14-10-23(11-15-27)19-25(21-31)29(35)37-4-2/h8-15,18-19,32-33H,3-7,16-17H2,1-2H3/b24-18+,25-19+. The summed E-state index contributed by atoms with van der Waals surface area (Å²) < 4.78 is 9.74. The van der Waals surface area contributed by atoms with Crippen LogP contribution in [0.3, 0.4) is 0 Å². The van der Waals surface area contributed by atoms with E-state index in [-0.39, 0.29) is 24.4 Å². The Balaban J connectivity index is 1.68. The minimum Gasteiger partial charge on any atom is -0.462 e. The van der Waals surface area contributed by atoms with E-state index < -0.39 is 11.9 Å². The molecule has 2 rings (SSSR count). The lowest BCUT2D eigenvalue weighted by atomic mass is 10.1. The van der Waals surface area contributed by atoms with Crippen molar-refractivity contribution >= 4 is 35.5 Å². The van der Waals surface area contributed by atoms with Gasteiger partial charge >= 0.3 is 11.9 Å². The lowest BCUT2D eigenvalue weighted by molar-refractivity contribution is -0.138. The van der Waals surface area contributed by atoms with Gasteiger partial charge in [-0.25, -0.2) is 9.59 Å². The number of rotatable bonds is 14. The van der Waals surface area contributed by atoms with Gasteiger partial charge in [0.2, 0.25) is 0 Å². The normalized spacial score (nSPS) is 11.1. The topological polar surface area (TPSA) is 124 Å². The van der Waals surface area contributed by atoms with Crippen molar-refractivity contribution in [2.24, 2.45) is 0 Å². The number of nitrogens with zero attached hydrogens (tertiary/aromatic N) is 2. The number of unbranched alkanes of at least 4 members (excludes halogenated alkanes) is 2. The Morgan fingerprint density at radius 2 is 1.08 bits per heavy atom. The van der Waals surface area contributed by atoms with E-state index in [1.807, 2.05) is 60.7 Å². The quantitative estimate of drug-likeness (QED) is 0.155. The third kappa shape index (κ3) is 10.3. The van der Waals surface area contributed by atoms with Gasteiger partial charge in [-0.2, -0.15) is 10.5 Å². The highest BCUT2D eigenvalue weighted by atomic mass is 16.5. The van der Waals surface area contributed by atoms with Crippen LogP contribution in [0.1, 0.15) is 44.2 Å². The van der Waals surface area contributed by atoms with Crippen LogP contribution in [0.25, 0.3) is 12.2 Å². The summed E-state index contributed by atoms with van der Waals surface area (Å²) in [5, 5.41) is 25.0. The number of nitriles is 2. The molecule has 0 aromatic heterocycles. The van der Waals surface area contributed by atoms with Gasteiger partial charge in [-0.1, -0.05) is 24.3 Å². The van der Waals surface area contributed by atoms with Crippen molar-refractivity contribution in [3.05, 3.63) is 70.8 Å². The average molecular weight is 501 g/mol. The van der Waals surface area contributed by atoms with Crippen LogP contribution in [0.5, 0.6) is 0 Å². The van der Waals surface area contributed by atoms with Crippen molar-refractivity contribution in [1.82, 2.24) is 0 Å². The number of nitrogens with one attached hydrogen (secondary N) is 2. The van der Waals surface area contributed by atoms with E-state index in [4.69, 9.17) is 20.0 Å². The number of esters is 2. The molecule has 0 aliphatic rings. The third-order valence-electron chi connectivity index (χ3n) is 5.19. The largest absolute Gasteiger partial charge is 0.462 e. The van der Waals surface area contributed by atoms with Crippen LogP contribution in [0.4, 0.5) is 11.4 Å². The number of hydrogen-bond acceptors (Lipinski definition) is 8. The molecule has 8 heteroatoms. The van der Waals surface area contributed by atoms with Crippen molar-refractivity contribution in [3.63, 3.8) is 0 Å². The lowest BCUT2D eigenvalue weighted by Gasteiger charge is -2.09. The Morgan fingerprint density at radius 3 is 1.41 bits per heavy atom. The zero-order valence-electron chi connectivity index (χ0n) is 21.3. The van der Waals surface area contributed by atoms with Crippen LogP contribution in [-0.4, -0.2) is 38.2 Å². The van der Waals surface area contributed by atoms with Crippen LogP contribution in [0.15, 0.2) is 59.7 Å². The molecule has 37 heavy (non-hydrogen) atoms. The summed E-state index contributed by atoms with van der Waals surface area (Å²) >= 11 is 0. The first-order valence-corrected chi connectivity index (χ1v) is 12.3. The summed E-state index contributed by atoms with van der Waals surface area (Å²) in [6, 6.07) is 18.8. The number of ether oxygens (including phenoxy) is 2. The van der Waals surface area contributed by atoms with Crippen LogP contribution in [0, 0.1) is 22.7 Å². The fraction of sp³-hybridized carbons (Fsp3) is 0.310. The molecular weight excluding hydrogens is 468 g/mol. The first kappa shape index (κ1) is 28.7. The zero-order valence-corrected chi connectivity index (χ0v) is 21.3. The van der Waals surface area contributed by atoms with Crippen molar-refractivity contribution in [2.75, 3.05) is 36.9 Å². The number of carbonyl (C=O) groups is 2. The molecule has 0 heterocycles. The molecule has 2 aromatic rings. The number of carbonyl (C=O) groups excluding carboxylic acids is 2. The summed E-state index contributed by atoms with van der Waals surface area (Å²) in [6.07, 6.45) is 6.12. The Labute approximate surface area is 218 Å². The molecule has 0 amide bonds. The molecule has 0 saturated carbocycles. The molecule has 0 aliphatic carbocycles.